The molecular formula is C25H24N4O2. The molecule has 4 rings (SSSR count). The Morgan fingerprint density at radius 2 is 1.42 bits per heavy atom. The molecule has 0 saturated heterocycles. The first-order valence-corrected chi connectivity index (χ1v) is 10.1. The molecule has 0 aliphatic heterocycles. The van der Waals surface area contributed by atoms with Gasteiger partial charge in [-0.3, -0.25) is 4.79 Å². The summed E-state index contributed by atoms with van der Waals surface area (Å²) in [6, 6.07) is 24.0. The Balaban J connectivity index is 1.39. The van der Waals surface area contributed by atoms with Gasteiger partial charge < -0.3 is 20.5 Å². The number of para-hydroxylation sites is 2. The van der Waals surface area contributed by atoms with Crippen molar-refractivity contribution in [3.8, 4) is 0 Å². The number of amides is 3. The number of rotatable bonds is 5. The fourth-order valence-electron chi connectivity index (χ4n) is 3.55. The van der Waals surface area contributed by atoms with E-state index in [2.05, 4.69) is 16.0 Å². The van der Waals surface area contributed by atoms with Gasteiger partial charge in [0.1, 0.15) is 0 Å². The van der Waals surface area contributed by atoms with E-state index in [9.17, 15) is 9.59 Å². The van der Waals surface area contributed by atoms with Crippen molar-refractivity contribution in [3.63, 3.8) is 0 Å². The third kappa shape index (κ3) is 4.59. The molecule has 0 saturated carbocycles. The van der Waals surface area contributed by atoms with E-state index < -0.39 is 0 Å². The van der Waals surface area contributed by atoms with Gasteiger partial charge in [-0.25, -0.2) is 4.79 Å². The Kier molecular flexibility index (Phi) is 5.71. The lowest BCUT2D eigenvalue weighted by Gasteiger charge is -2.15. The second kappa shape index (κ2) is 8.75. The number of hydrogen-bond donors (Lipinski definition) is 3. The predicted octanol–water partition coefficient (Wildman–Crippen LogP) is 5.31. The van der Waals surface area contributed by atoms with E-state index in [1.54, 1.807) is 0 Å². The second-order valence-corrected chi connectivity index (χ2v) is 7.43. The molecule has 0 fully saturated rings. The lowest BCUT2D eigenvalue weighted by molar-refractivity contribution is 0.0941. The van der Waals surface area contributed by atoms with Crippen molar-refractivity contribution in [3.05, 3.63) is 96.2 Å². The molecular weight excluding hydrogens is 388 g/mol. The number of fused-ring (bicyclic) bond motifs is 1. The highest BCUT2D eigenvalue weighted by Crippen LogP contribution is 2.22. The molecule has 1 aromatic heterocycles. The minimum Gasteiger partial charge on any atom is -0.350 e. The quantitative estimate of drug-likeness (QED) is 0.415. The summed E-state index contributed by atoms with van der Waals surface area (Å²) in [6.07, 6.45) is 1.85. The number of nitrogens with zero attached hydrogens (tertiary/aromatic N) is 1. The number of aryl methyl sites for hydroxylation is 1. The van der Waals surface area contributed by atoms with Crippen LogP contribution < -0.4 is 16.0 Å². The van der Waals surface area contributed by atoms with Gasteiger partial charge in [0.15, 0.2) is 0 Å². The zero-order valence-corrected chi connectivity index (χ0v) is 17.4. The smallest absolute Gasteiger partial charge is 0.323 e. The van der Waals surface area contributed by atoms with Gasteiger partial charge in [-0.05, 0) is 42.8 Å². The predicted molar refractivity (Wildman–Crippen MR) is 124 cm³/mol. The summed E-state index contributed by atoms with van der Waals surface area (Å²) in [5.41, 5.74) is 4.01. The van der Waals surface area contributed by atoms with E-state index in [0.29, 0.717) is 11.3 Å². The molecule has 3 N–H and O–H groups in total. The second-order valence-electron chi connectivity index (χ2n) is 7.43. The van der Waals surface area contributed by atoms with E-state index in [1.165, 1.54) is 0 Å². The maximum absolute atomic E-state index is 12.9. The fourth-order valence-corrected chi connectivity index (χ4v) is 3.55. The zero-order valence-electron chi connectivity index (χ0n) is 17.4. The normalized spacial score (nSPS) is 11.7. The lowest BCUT2D eigenvalue weighted by atomic mass is 10.1. The van der Waals surface area contributed by atoms with E-state index >= 15 is 0 Å². The van der Waals surface area contributed by atoms with Crippen LogP contribution in [0.1, 0.15) is 28.9 Å². The molecule has 156 valence electrons. The molecule has 0 radical (unpaired) electrons. The number of anilines is 2. The summed E-state index contributed by atoms with van der Waals surface area (Å²) < 4.78 is 1.95. The lowest BCUT2D eigenvalue weighted by Crippen LogP contribution is -2.26. The number of urea groups is 1. The first-order valence-electron chi connectivity index (χ1n) is 10.1. The van der Waals surface area contributed by atoms with Gasteiger partial charge in [0, 0.05) is 35.5 Å². The number of carbonyl (C=O) groups is 2. The highest BCUT2D eigenvalue weighted by atomic mass is 16.2. The van der Waals surface area contributed by atoms with Gasteiger partial charge in [0.2, 0.25) is 0 Å². The molecule has 0 spiro atoms. The van der Waals surface area contributed by atoms with Crippen LogP contribution in [0.5, 0.6) is 0 Å². The number of nitrogens with one attached hydrogen (secondary N) is 3. The van der Waals surface area contributed by atoms with Crippen LogP contribution in [-0.4, -0.2) is 16.5 Å². The van der Waals surface area contributed by atoms with Crippen LogP contribution in [0.2, 0.25) is 0 Å². The largest absolute Gasteiger partial charge is 0.350 e. The molecule has 1 unspecified atom stereocenters. The zero-order chi connectivity index (χ0) is 21.8. The van der Waals surface area contributed by atoms with E-state index in [0.717, 1.165) is 22.2 Å². The Morgan fingerprint density at radius 1 is 0.806 bits per heavy atom. The third-order valence-electron chi connectivity index (χ3n) is 5.19. The molecule has 0 aliphatic rings. The molecule has 31 heavy (non-hydrogen) atoms. The Labute approximate surface area is 180 Å². The van der Waals surface area contributed by atoms with Gasteiger partial charge in [-0.15, -0.1) is 0 Å². The maximum Gasteiger partial charge on any atom is 0.323 e. The van der Waals surface area contributed by atoms with Crippen molar-refractivity contribution in [2.45, 2.75) is 13.0 Å². The van der Waals surface area contributed by atoms with Crippen LogP contribution in [0, 0.1) is 0 Å². The summed E-state index contributed by atoms with van der Waals surface area (Å²) in [6.45, 7) is 1.94. The molecule has 4 aromatic rings. The summed E-state index contributed by atoms with van der Waals surface area (Å²) in [5.74, 6) is -0.117. The highest BCUT2D eigenvalue weighted by Gasteiger charge is 2.16. The van der Waals surface area contributed by atoms with E-state index in [-0.39, 0.29) is 18.0 Å². The third-order valence-corrected chi connectivity index (χ3v) is 5.19. The van der Waals surface area contributed by atoms with Crippen molar-refractivity contribution >= 4 is 34.2 Å². The monoisotopic (exact) mass is 412 g/mol. The molecule has 6 heteroatoms. The number of carbonyl (C=O) groups excluding carboxylic acids is 2. The van der Waals surface area contributed by atoms with Gasteiger partial charge in [-0.1, -0.05) is 48.5 Å². The molecule has 1 heterocycles. The molecule has 1 atom stereocenters. The molecule has 6 nitrogen and oxygen atoms in total. The van der Waals surface area contributed by atoms with Crippen molar-refractivity contribution in [1.29, 1.82) is 0 Å². The van der Waals surface area contributed by atoms with Gasteiger partial charge >= 0.3 is 6.03 Å². The average Bonchev–Trinajstić information content (AvgIpc) is 3.12. The van der Waals surface area contributed by atoms with Gasteiger partial charge in [0.25, 0.3) is 5.91 Å². The Hall–Kier alpha value is -4.06. The highest BCUT2D eigenvalue weighted by molar-refractivity contribution is 6.07. The minimum atomic E-state index is -0.309. The van der Waals surface area contributed by atoms with Crippen LogP contribution in [0.3, 0.4) is 0 Å². The summed E-state index contributed by atoms with van der Waals surface area (Å²) in [7, 11) is 1.93. The minimum absolute atomic E-state index is 0.117. The van der Waals surface area contributed by atoms with Crippen molar-refractivity contribution < 1.29 is 9.59 Å². The first kappa shape index (κ1) is 20.2. The standard InChI is InChI=1S/C25H24N4O2/c1-17(26-24(30)22-16-29(2)23-11-7-6-10-21(22)23)18-12-14-20(15-13-18)28-25(31)27-19-8-4-3-5-9-19/h3-17H,1-2H3,(H,26,30)(H2,27,28,31). The van der Waals surface area contributed by atoms with Gasteiger partial charge in [0.05, 0.1) is 11.6 Å². The van der Waals surface area contributed by atoms with Crippen molar-refractivity contribution in [2.24, 2.45) is 7.05 Å². The molecule has 0 bridgehead atoms. The van der Waals surface area contributed by atoms with Crippen LogP contribution in [-0.2, 0) is 7.05 Å². The summed E-state index contributed by atoms with van der Waals surface area (Å²) >= 11 is 0. The van der Waals surface area contributed by atoms with Crippen molar-refractivity contribution in [2.75, 3.05) is 10.6 Å². The Morgan fingerprint density at radius 3 is 2.13 bits per heavy atom. The maximum atomic E-state index is 12.9. The Bertz CT molecular complexity index is 1210. The SMILES string of the molecule is CC(NC(=O)c1cn(C)c2ccccc12)c1ccc(NC(=O)Nc2ccccc2)cc1. The van der Waals surface area contributed by atoms with Crippen molar-refractivity contribution in [1.82, 2.24) is 9.88 Å². The number of hydrogen-bond acceptors (Lipinski definition) is 2. The fraction of sp³-hybridized carbons (Fsp3) is 0.120. The van der Waals surface area contributed by atoms with Crippen LogP contribution >= 0.6 is 0 Å². The first-order chi connectivity index (χ1) is 15.0. The van der Waals surface area contributed by atoms with Crippen LogP contribution in [0.15, 0.2) is 85.1 Å². The molecule has 3 aromatic carbocycles. The van der Waals surface area contributed by atoms with E-state index in [1.807, 2.05) is 104 Å². The topological polar surface area (TPSA) is 75.2 Å². The number of benzene rings is 3. The van der Waals surface area contributed by atoms with Gasteiger partial charge in [-0.2, -0.15) is 0 Å². The molecule has 3 amide bonds. The number of aromatic nitrogens is 1. The van der Waals surface area contributed by atoms with E-state index in [4.69, 9.17) is 0 Å². The average molecular weight is 412 g/mol. The van der Waals surface area contributed by atoms with Crippen LogP contribution in [0.4, 0.5) is 16.2 Å². The van der Waals surface area contributed by atoms with Crippen LogP contribution in [0.25, 0.3) is 10.9 Å². The summed E-state index contributed by atoms with van der Waals surface area (Å²) in [5, 5.41) is 9.57. The molecule has 0 aliphatic carbocycles. The summed E-state index contributed by atoms with van der Waals surface area (Å²) in [4.78, 5) is 25.0.